The van der Waals surface area contributed by atoms with E-state index in [-0.39, 0.29) is 31.4 Å². The number of nitro benzene ring substituents is 1. The third-order valence-corrected chi connectivity index (χ3v) is 6.41. The molecule has 194 valence electrons. The molecule has 0 saturated carbocycles. The molecular formula is C26H29FN6O4. The van der Waals surface area contributed by atoms with Gasteiger partial charge in [-0.2, -0.15) is 4.39 Å². The molecule has 0 amide bonds. The van der Waals surface area contributed by atoms with Crippen molar-refractivity contribution in [1.82, 2.24) is 14.5 Å². The molecule has 11 heteroatoms. The van der Waals surface area contributed by atoms with E-state index < -0.39 is 16.4 Å². The summed E-state index contributed by atoms with van der Waals surface area (Å²) >= 11 is 0. The fourth-order valence-corrected chi connectivity index (χ4v) is 4.70. The Bertz CT molecular complexity index is 1470. The van der Waals surface area contributed by atoms with Gasteiger partial charge in [-0.05, 0) is 18.4 Å². The Balaban J connectivity index is 0.00000320. The van der Waals surface area contributed by atoms with Gasteiger partial charge < -0.3 is 24.6 Å². The zero-order chi connectivity index (χ0) is 25.4. The molecule has 3 heterocycles. The van der Waals surface area contributed by atoms with Gasteiger partial charge in [0.1, 0.15) is 11.4 Å². The van der Waals surface area contributed by atoms with Gasteiger partial charge in [-0.3, -0.25) is 10.1 Å². The fraction of sp³-hybridized carbons (Fsp3) is 0.308. The molecule has 37 heavy (non-hydrogen) atoms. The number of aliphatic hydroxyl groups is 1. The topological polar surface area (TPSA) is 119 Å². The maximum Gasteiger partial charge on any atom is 0.307 e. The smallest absolute Gasteiger partial charge is 0.307 e. The molecule has 2 aromatic heterocycles. The van der Waals surface area contributed by atoms with Crippen LogP contribution in [-0.4, -0.2) is 51.9 Å². The standard InChI is InChI=1S/C25H25FN6O4.CH4/c1-30(9-10-33)21-13-27-25(28-19-12-20(32(34)35)18(26)11-22(19)36-2)29-23(21)17-14-31-8-4-6-15-5-3-7-16(17)24(15)31;/h3,5,7,11-14,33H,4,6,8-10H2,1-2H3,(H,27,28,29);1H4. The van der Waals surface area contributed by atoms with Crippen molar-refractivity contribution < 1.29 is 19.2 Å². The molecule has 0 atom stereocenters. The second kappa shape index (κ2) is 10.4. The molecular weight excluding hydrogens is 479 g/mol. The van der Waals surface area contributed by atoms with Gasteiger partial charge >= 0.3 is 5.69 Å². The highest BCUT2D eigenvalue weighted by Gasteiger charge is 2.23. The average molecular weight is 509 g/mol. The number of nitrogens with one attached hydrogen (secondary N) is 1. The van der Waals surface area contributed by atoms with Crippen molar-refractivity contribution in [3.05, 3.63) is 64.2 Å². The molecule has 0 spiro atoms. The van der Waals surface area contributed by atoms with Crippen molar-refractivity contribution >= 4 is 33.9 Å². The van der Waals surface area contributed by atoms with Crippen LogP contribution in [0.5, 0.6) is 5.75 Å². The molecule has 0 fully saturated rings. The number of aromatic nitrogens is 3. The van der Waals surface area contributed by atoms with E-state index in [4.69, 9.17) is 9.72 Å². The first-order valence-electron chi connectivity index (χ1n) is 11.5. The highest BCUT2D eigenvalue weighted by Crippen LogP contribution is 2.39. The lowest BCUT2D eigenvalue weighted by Crippen LogP contribution is -2.22. The molecule has 5 rings (SSSR count). The van der Waals surface area contributed by atoms with E-state index in [0.717, 1.165) is 48.2 Å². The van der Waals surface area contributed by atoms with Gasteiger partial charge in [0.25, 0.3) is 0 Å². The Kier molecular flexibility index (Phi) is 7.25. The number of hydrogen-bond acceptors (Lipinski definition) is 8. The summed E-state index contributed by atoms with van der Waals surface area (Å²) in [5.74, 6) is -0.756. The minimum absolute atomic E-state index is 0. The maximum atomic E-state index is 14.1. The second-order valence-corrected chi connectivity index (χ2v) is 8.61. The summed E-state index contributed by atoms with van der Waals surface area (Å²) < 4.78 is 21.6. The Morgan fingerprint density at radius 2 is 2.16 bits per heavy atom. The molecule has 1 aliphatic heterocycles. The highest BCUT2D eigenvalue weighted by atomic mass is 19.1. The largest absolute Gasteiger partial charge is 0.494 e. The minimum Gasteiger partial charge on any atom is -0.494 e. The Labute approximate surface area is 213 Å². The van der Waals surface area contributed by atoms with Gasteiger partial charge in [-0.25, -0.2) is 9.97 Å². The van der Waals surface area contributed by atoms with Crippen molar-refractivity contribution in [3.8, 4) is 17.0 Å². The average Bonchev–Trinajstić information content (AvgIpc) is 3.25. The second-order valence-electron chi connectivity index (χ2n) is 8.61. The SMILES string of the molecule is C.COc1cc(F)c([N+](=O)[O-])cc1Nc1ncc(N(C)CCO)c(-c2cn3c4c(cccc24)CCC3)n1. The van der Waals surface area contributed by atoms with Gasteiger partial charge in [-0.15, -0.1) is 0 Å². The predicted molar refractivity (Wildman–Crippen MR) is 141 cm³/mol. The number of anilines is 3. The number of nitro groups is 1. The van der Waals surface area contributed by atoms with Gasteiger partial charge in [0, 0.05) is 49.4 Å². The van der Waals surface area contributed by atoms with E-state index in [2.05, 4.69) is 33.2 Å². The lowest BCUT2D eigenvalue weighted by atomic mass is 10.0. The molecule has 0 radical (unpaired) electrons. The quantitative estimate of drug-likeness (QED) is 0.255. The van der Waals surface area contributed by atoms with Crippen LogP contribution >= 0.6 is 0 Å². The minimum atomic E-state index is -1.00. The molecule has 0 saturated heterocycles. The predicted octanol–water partition coefficient (Wildman–Crippen LogP) is 4.91. The number of rotatable bonds is 8. The Morgan fingerprint density at radius 1 is 1.35 bits per heavy atom. The molecule has 10 nitrogen and oxygen atoms in total. The first-order chi connectivity index (χ1) is 17.4. The number of hydrogen-bond donors (Lipinski definition) is 2. The summed E-state index contributed by atoms with van der Waals surface area (Å²) in [6.07, 6.45) is 5.78. The molecule has 4 aromatic rings. The number of aliphatic hydroxyl groups excluding tert-OH is 1. The third-order valence-electron chi connectivity index (χ3n) is 6.41. The van der Waals surface area contributed by atoms with Crippen LogP contribution in [0.1, 0.15) is 19.4 Å². The van der Waals surface area contributed by atoms with Crippen molar-refractivity contribution in [3.63, 3.8) is 0 Å². The molecule has 0 bridgehead atoms. The summed E-state index contributed by atoms with van der Waals surface area (Å²) in [7, 11) is 3.19. The van der Waals surface area contributed by atoms with Gasteiger partial charge in [0.2, 0.25) is 11.8 Å². The Morgan fingerprint density at radius 3 is 2.89 bits per heavy atom. The van der Waals surface area contributed by atoms with Gasteiger partial charge in [-0.1, -0.05) is 25.6 Å². The van der Waals surface area contributed by atoms with E-state index in [9.17, 15) is 19.6 Å². The number of ether oxygens (including phenoxy) is 1. The summed E-state index contributed by atoms with van der Waals surface area (Å²) in [6, 6.07) is 8.25. The van der Waals surface area contributed by atoms with Crippen LogP contribution < -0.4 is 15.0 Å². The number of halogens is 1. The molecule has 0 unspecified atom stereocenters. The highest BCUT2D eigenvalue weighted by molar-refractivity contribution is 6.00. The summed E-state index contributed by atoms with van der Waals surface area (Å²) in [4.78, 5) is 21.5. The number of para-hydroxylation sites is 1. The van der Waals surface area contributed by atoms with Crippen LogP contribution in [0, 0.1) is 15.9 Å². The van der Waals surface area contributed by atoms with Crippen LogP contribution in [0.3, 0.4) is 0 Å². The van der Waals surface area contributed by atoms with Crippen molar-refractivity contribution in [2.45, 2.75) is 26.8 Å². The van der Waals surface area contributed by atoms with Crippen molar-refractivity contribution in [2.24, 2.45) is 0 Å². The van der Waals surface area contributed by atoms with Crippen LogP contribution in [-0.2, 0) is 13.0 Å². The summed E-state index contributed by atoms with van der Waals surface area (Å²) in [5.41, 5.74) is 4.21. The number of aryl methyl sites for hydroxylation is 2. The summed E-state index contributed by atoms with van der Waals surface area (Å²) in [5, 5.41) is 24.8. The van der Waals surface area contributed by atoms with E-state index >= 15 is 0 Å². The maximum absolute atomic E-state index is 14.1. The molecule has 2 aromatic carbocycles. The van der Waals surface area contributed by atoms with Gasteiger partial charge in [0.05, 0.1) is 41.7 Å². The van der Waals surface area contributed by atoms with E-state index in [0.29, 0.717) is 12.2 Å². The molecule has 2 N–H and O–H groups in total. The lowest BCUT2D eigenvalue weighted by Gasteiger charge is -2.21. The van der Waals surface area contributed by atoms with Crippen LogP contribution in [0.4, 0.5) is 27.4 Å². The fourth-order valence-electron chi connectivity index (χ4n) is 4.70. The Hall–Kier alpha value is -4.25. The monoisotopic (exact) mass is 508 g/mol. The number of methoxy groups -OCH3 is 1. The number of nitrogens with zero attached hydrogens (tertiary/aromatic N) is 5. The van der Waals surface area contributed by atoms with E-state index in [1.54, 1.807) is 6.20 Å². The first kappa shape index (κ1) is 25.8. The van der Waals surface area contributed by atoms with E-state index in [1.165, 1.54) is 18.2 Å². The van der Waals surface area contributed by atoms with Crippen molar-refractivity contribution in [2.75, 3.05) is 37.5 Å². The van der Waals surface area contributed by atoms with Crippen LogP contribution in [0.25, 0.3) is 22.2 Å². The molecule has 1 aliphatic rings. The number of likely N-dealkylation sites (N-methyl/N-ethyl adjacent to an activating group) is 1. The van der Waals surface area contributed by atoms with E-state index in [1.807, 2.05) is 18.0 Å². The number of benzene rings is 2. The zero-order valence-electron chi connectivity index (χ0n) is 19.9. The van der Waals surface area contributed by atoms with Crippen molar-refractivity contribution in [1.29, 1.82) is 0 Å². The normalized spacial score (nSPS) is 12.2. The lowest BCUT2D eigenvalue weighted by molar-refractivity contribution is -0.387. The third kappa shape index (κ3) is 4.65. The summed E-state index contributed by atoms with van der Waals surface area (Å²) in [6.45, 7) is 1.24. The molecule has 0 aliphatic carbocycles. The van der Waals surface area contributed by atoms with Crippen LogP contribution in [0.2, 0.25) is 0 Å². The first-order valence-corrected chi connectivity index (χ1v) is 11.5. The van der Waals surface area contributed by atoms with Crippen LogP contribution in [0.15, 0.2) is 42.7 Å². The van der Waals surface area contributed by atoms with Gasteiger partial charge in [0.15, 0.2) is 0 Å². The zero-order valence-corrected chi connectivity index (χ0v) is 19.9.